The zero-order valence-electron chi connectivity index (χ0n) is 20.6. The lowest BCUT2D eigenvalue weighted by Gasteiger charge is -2.10. The van der Waals surface area contributed by atoms with Gasteiger partial charge in [-0.2, -0.15) is 0 Å². The minimum Gasteiger partial charge on any atom is -0.300 e. The molecule has 0 radical (unpaired) electrons. The molecule has 28 heavy (non-hydrogen) atoms. The first kappa shape index (κ1) is 29.9. The molecule has 1 nitrogen and oxygen atoms in total. The molecular formula is C27H56O. The standard InChI is InChI=1S/C17H36.C10H20O/c1-4-6-8-10-12-14-16-17(3)15-13-11-9-7-5-2;1-3-4-5-6-7-8-9-10(2)11/h17H,4-16H2,1-3H3;3-9H2,1-2H3. The van der Waals surface area contributed by atoms with Crippen LogP contribution in [0.3, 0.4) is 0 Å². The van der Waals surface area contributed by atoms with Gasteiger partial charge in [-0.3, -0.25) is 0 Å². The Hall–Kier alpha value is -0.330. The van der Waals surface area contributed by atoms with E-state index in [0.717, 1.165) is 18.8 Å². The van der Waals surface area contributed by atoms with Crippen molar-refractivity contribution in [1.29, 1.82) is 0 Å². The average molecular weight is 397 g/mol. The summed E-state index contributed by atoms with van der Waals surface area (Å²) in [5.41, 5.74) is 0. The van der Waals surface area contributed by atoms with Crippen LogP contribution in [0.1, 0.15) is 163 Å². The van der Waals surface area contributed by atoms with Gasteiger partial charge in [0.25, 0.3) is 0 Å². The fourth-order valence-electron chi connectivity index (χ4n) is 3.67. The summed E-state index contributed by atoms with van der Waals surface area (Å²) in [5, 5.41) is 0. The van der Waals surface area contributed by atoms with Gasteiger partial charge in [-0.25, -0.2) is 0 Å². The molecule has 170 valence electrons. The van der Waals surface area contributed by atoms with E-state index in [2.05, 4.69) is 27.7 Å². The zero-order chi connectivity index (χ0) is 21.3. The average Bonchev–Trinajstić information content (AvgIpc) is 2.67. The molecule has 1 unspecified atom stereocenters. The van der Waals surface area contributed by atoms with E-state index in [9.17, 15) is 4.79 Å². The molecule has 0 aliphatic heterocycles. The number of carbonyl (C=O) groups excluding carboxylic acids is 1. The largest absolute Gasteiger partial charge is 0.300 e. The third kappa shape index (κ3) is 30.4. The van der Waals surface area contributed by atoms with Gasteiger partial charge in [-0.05, 0) is 19.3 Å². The van der Waals surface area contributed by atoms with Gasteiger partial charge in [0, 0.05) is 6.42 Å². The fraction of sp³-hybridized carbons (Fsp3) is 0.963. The second-order valence-electron chi connectivity index (χ2n) is 9.08. The van der Waals surface area contributed by atoms with Crippen molar-refractivity contribution in [3.05, 3.63) is 0 Å². The topological polar surface area (TPSA) is 17.1 Å². The van der Waals surface area contributed by atoms with Crippen molar-refractivity contribution < 1.29 is 4.79 Å². The van der Waals surface area contributed by atoms with Crippen molar-refractivity contribution in [1.82, 2.24) is 0 Å². The van der Waals surface area contributed by atoms with E-state index in [-0.39, 0.29) is 0 Å². The molecule has 0 heterocycles. The van der Waals surface area contributed by atoms with Crippen LogP contribution in [0, 0.1) is 5.92 Å². The molecule has 0 aliphatic rings. The van der Waals surface area contributed by atoms with E-state index in [1.807, 2.05) is 0 Å². The van der Waals surface area contributed by atoms with Crippen molar-refractivity contribution in [2.45, 2.75) is 163 Å². The Kier molecular flexibility index (Phi) is 28.4. The second kappa shape index (κ2) is 26.7. The summed E-state index contributed by atoms with van der Waals surface area (Å²) in [6, 6.07) is 0. The Morgan fingerprint density at radius 3 is 1.21 bits per heavy atom. The van der Waals surface area contributed by atoms with Gasteiger partial charge in [-0.15, -0.1) is 0 Å². The molecule has 0 fully saturated rings. The van der Waals surface area contributed by atoms with Crippen LogP contribution in [-0.4, -0.2) is 5.78 Å². The predicted molar refractivity (Wildman–Crippen MR) is 129 cm³/mol. The SMILES string of the molecule is CCCCCCCCC(C)=O.CCCCCCCCC(C)CCCCCCC. The first-order valence-corrected chi connectivity index (χ1v) is 13.1. The number of rotatable bonds is 20. The summed E-state index contributed by atoms with van der Waals surface area (Å²) >= 11 is 0. The molecule has 1 atom stereocenters. The number of Topliss-reactive ketones (excluding diaryl/α,β-unsaturated/α-hetero) is 1. The summed E-state index contributed by atoms with van der Waals surface area (Å²) in [5.74, 6) is 1.31. The van der Waals surface area contributed by atoms with Crippen LogP contribution in [-0.2, 0) is 4.79 Å². The Labute approximate surface area is 179 Å². The van der Waals surface area contributed by atoms with Crippen LogP contribution in [0.15, 0.2) is 0 Å². The molecule has 0 aromatic rings. The van der Waals surface area contributed by atoms with Crippen molar-refractivity contribution in [3.8, 4) is 0 Å². The van der Waals surface area contributed by atoms with Gasteiger partial charge in [-0.1, -0.05) is 143 Å². The zero-order valence-corrected chi connectivity index (χ0v) is 20.6. The van der Waals surface area contributed by atoms with Gasteiger partial charge in [0.1, 0.15) is 5.78 Å². The molecule has 0 aromatic heterocycles. The lowest BCUT2D eigenvalue weighted by Crippen LogP contribution is -1.95. The van der Waals surface area contributed by atoms with Crippen LogP contribution < -0.4 is 0 Å². The van der Waals surface area contributed by atoms with Gasteiger partial charge in [0.2, 0.25) is 0 Å². The van der Waals surface area contributed by atoms with Gasteiger partial charge in [0.15, 0.2) is 0 Å². The van der Waals surface area contributed by atoms with E-state index in [1.54, 1.807) is 6.92 Å². The Morgan fingerprint density at radius 1 is 0.536 bits per heavy atom. The Balaban J connectivity index is 0. The van der Waals surface area contributed by atoms with Gasteiger partial charge < -0.3 is 4.79 Å². The smallest absolute Gasteiger partial charge is 0.129 e. The predicted octanol–water partition coefficient (Wildman–Crippen LogP) is 10.1. The van der Waals surface area contributed by atoms with E-state index in [1.165, 1.54) is 116 Å². The minimum atomic E-state index is 0.334. The normalized spacial score (nSPS) is 11.8. The fourth-order valence-corrected chi connectivity index (χ4v) is 3.67. The third-order valence-electron chi connectivity index (χ3n) is 5.73. The van der Waals surface area contributed by atoms with Crippen LogP contribution in [0.5, 0.6) is 0 Å². The number of hydrogen-bond acceptors (Lipinski definition) is 1. The molecule has 0 amide bonds. The van der Waals surface area contributed by atoms with Crippen molar-refractivity contribution >= 4 is 5.78 Å². The summed E-state index contributed by atoms with van der Waals surface area (Å²) in [4.78, 5) is 10.5. The minimum absolute atomic E-state index is 0.334. The molecular weight excluding hydrogens is 340 g/mol. The Bertz CT molecular complexity index is 284. The molecule has 0 aromatic carbocycles. The lowest BCUT2D eigenvalue weighted by atomic mass is 9.96. The molecule has 0 aliphatic carbocycles. The Morgan fingerprint density at radius 2 is 0.857 bits per heavy atom. The molecule has 0 saturated carbocycles. The van der Waals surface area contributed by atoms with Crippen LogP contribution >= 0.6 is 0 Å². The van der Waals surface area contributed by atoms with Crippen LogP contribution in [0.25, 0.3) is 0 Å². The van der Waals surface area contributed by atoms with Gasteiger partial charge >= 0.3 is 0 Å². The number of hydrogen-bond donors (Lipinski definition) is 0. The first-order chi connectivity index (χ1) is 13.6. The second-order valence-corrected chi connectivity index (χ2v) is 9.08. The van der Waals surface area contributed by atoms with Crippen molar-refractivity contribution in [2.24, 2.45) is 5.92 Å². The van der Waals surface area contributed by atoms with Crippen molar-refractivity contribution in [2.75, 3.05) is 0 Å². The molecule has 0 N–H and O–H groups in total. The molecule has 0 saturated heterocycles. The number of ketones is 1. The first-order valence-electron chi connectivity index (χ1n) is 13.1. The van der Waals surface area contributed by atoms with E-state index in [0.29, 0.717) is 5.78 Å². The maximum absolute atomic E-state index is 10.5. The van der Waals surface area contributed by atoms with Crippen LogP contribution in [0.4, 0.5) is 0 Å². The maximum Gasteiger partial charge on any atom is 0.129 e. The summed E-state index contributed by atoms with van der Waals surface area (Å²) in [7, 11) is 0. The molecule has 0 spiro atoms. The van der Waals surface area contributed by atoms with Crippen molar-refractivity contribution in [3.63, 3.8) is 0 Å². The number of unbranched alkanes of at least 4 members (excludes halogenated alkanes) is 14. The third-order valence-corrected chi connectivity index (χ3v) is 5.73. The quantitative estimate of drug-likeness (QED) is 0.187. The summed E-state index contributed by atoms with van der Waals surface area (Å²) in [6.07, 6.45) is 27.2. The molecule has 0 bridgehead atoms. The molecule has 0 rings (SSSR count). The summed E-state index contributed by atoms with van der Waals surface area (Å²) < 4.78 is 0. The highest BCUT2D eigenvalue weighted by Crippen LogP contribution is 2.18. The van der Waals surface area contributed by atoms with Crippen LogP contribution in [0.2, 0.25) is 0 Å². The van der Waals surface area contributed by atoms with E-state index < -0.39 is 0 Å². The highest BCUT2D eigenvalue weighted by molar-refractivity contribution is 5.75. The van der Waals surface area contributed by atoms with Gasteiger partial charge in [0.05, 0.1) is 0 Å². The number of carbonyl (C=O) groups is 1. The maximum atomic E-state index is 10.5. The molecule has 1 heteroatoms. The lowest BCUT2D eigenvalue weighted by molar-refractivity contribution is -0.117. The summed E-state index contributed by atoms with van der Waals surface area (Å²) in [6.45, 7) is 10.9. The van der Waals surface area contributed by atoms with E-state index in [4.69, 9.17) is 0 Å². The van der Waals surface area contributed by atoms with E-state index >= 15 is 0 Å². The highest BCUT2D eigenvalue weighted by Gasteiger charge is 2.01. The monoisotopic (exact) mass is 396 g/mol. The highest BCUT2D eigenvalue weighted by atomic mass is 16.1.